The number of hydrogen-bond acceptors (Lipinski definition) is 5. The summed E-state index contributed by atoms with van der Waals surface area (Å²) in [5.74, 6) is -0.170. The molecule has 0 saturated heterocycles. The number of aromatic nitrogens is 2. The second kappa shape index (κ2) is 6.07. The molecule has 3 heterocycles. The van der Waals surface area contributed by atoms with Gasteiger partial charge in [0.1, 0.15) is 6.54 Å². The lowest BCUT2D eigenvalue weighted by molar-refractivity contribution is -0.117. The van der Waals surface area contributed by atoms with Gasteiger partial charge in [-0.25, -0.2) is 9.97 Å². The molecule has 1 aliphatic carbocycles. The first-order chi connectivity index (χ1) is 12.0. The van der Waals surface area contributed by atoms with E-state index in [1.807, 2.05) is 0 Å². The van der Waals surface area contributed by atoms with Crippen LogP contribution >= 0.6 is 22.9 Å². The molecule has 1 aliphatic heterocycles. The van der Waals surface area contributed by atoms with E-state index in [1.54, 1.807) is 16.2 Å². The fraction of sp³-hybridized carbons (Fsp3) is 0.412. The third-order valence-corrected chi connectivity index (χ3v) is 6.20. The normalized spacial score (nSPS) is 17.5. The molecule has 1 fully saturated rings. The van der Waals surface area contributed by atoms with E-state index in [2.05, 4.69) is 28.3 Å². The Morgan fingerprint density at radius 3 is 2.76 bits per heavy atom. The molecular formula is C17H17ClN4O2S. The van der Waals surface area contributed by atoms with Crippen LogP contribution in [0.25, 0.3) is 0 Å². The van der Waals surface area contributed by atoms with Crippen molar-refractivity contribution in [2.75, 3.05) is 18.4 Å². The molecule has 0 unspecified atom stereocenters. The number of fused-ring (bicyclic) bond motifs is 2. The number of anilines is 1. The first-order valence-corrected chi connectivity index (χ1v) is 9.40. The maximum absolute atomic E-state index is 12.8. The molecule has 25 heavy (non-hydrogen) atoms. The number of carbonyl (C=O) groups excluding carboxylic acids is 2. The van der Waals surface area contributed by atoms with Crippen molar-refractivity contribution in [1.29, 1.82) is 0 Å². The second-order valence-corrected chi connectivity index (χ2v) is 8.10. The van der Waals surface area contributed by atoms with E-state index >= 15 is 0 Å². The smallest absolute Gasteiger partial charge is 0.264 e. The molecule has 8 heteroatoms. The van der Waals surface area contributed by atoms with Gasteiger partial charge < -0.3 is 4.90 Å². The zero-order valence-electron chi connectivity index (χ0n) is 13.7. The topological polar surface area (TPSA) is 75.2 Å². The first kappa shape index (κ1) is 16.5. The van der Waals surface area contributed by atoms with Crippen LogP contribution in [0.3, 0.4) is 0 Å². The van der Waals surface area contributed by atoms with E-state index in [4.69, 9.17) is 11.6 Å². The van der Waals surface area contributed by atoms with Crippen molar-refractivity contribution in [3.05, 3.63) is 38.8 Å². The molecule has 2 aliphatic rings. The minimum Gasteiger partial charge on any atom is -0.328 e. The maximum atomic E-state index is 12.8. The molecule has 0 aromatic carbocycles. The van der Waals surface area contributed by atoms with Gasteiger partial charge in [-0.05, 0) is 30.9 Å². The van der Waals surface area contributed by atoms with Gasteiger partial charge in [0.15, 0.2) is 0 Å². The summed E-state index contributed by atoms with van der Waals surface area (Å²) in [5.41, 5.74) is 1.25. The number of rotatable bonds is 4. The Kier molecular flexibility index (Phi) is 4.00. The van der Waals surface area contributed by atoms with E-state index in [1.165, 1.54) is 22.8 Å². The van der Waals surface area contributed by atoms with Crippen molar-refractivity contribution in [2.45, 2.75) is 31.6 Å². The molecule has 2 aromatic heterocycles. The van der Waals surface area contributed by atoms with Crippen LogP contribution in [-0.4, -0.2) is 39.8 Å². The largest absolute Gasteiger partial charge is 0.328 e. The van der Waals surface area contributed by atoms with Crippen LogP contribution < -0.4 is 5.32 Å². The average molecular weight is 377 g/mol. The number of thiophene rings is 1. The van der Waals surface area contributed by atoms with Gasteiger partial charge in [-0.2, -0.15) is 0 Å². The molecule has 0 atom stereocenters. The van der Waals surface area contributed by atoms with Crippen LogP contribution in [0.2, 0.25) is 5.02 Å². The summed E-state index contributed by atoms with van der Waals surface area (Å²) in [7, 11) is 0. The first-order valence-electron chi connectivity index (χ1n) is 8.20. The fourth-order valence-electron chi connectivity index (χ4n) is 3.26. The number of nitrogens with one attached hydrogen (secondary N) is 1. The number of amides is 2. The highest BCUT2D eigenvalue weighted by atomic mass is 35.5. The number of halogens is 1. The van der Waals surface area contributed by atoms with Gasteiger partial charge in [0.05, 0.1) is 22.3 Å². The molecule has 1 N–H and O–H groups in total. The van der Waals surface area contributed by atoms with Crippen LogP contribution in [0, 0.1) is 0 Å². The molecule has 2 aromatic rings. The Balaban J connectivity index is 1.50. The summed E-state index contributed by atoms with van der Waals surface area (Å²) < 4.78 is 0. The maximum Gasteiger partial charge on any atom is 0.264 e. The molecule has 4 rings (SSSR count). The van der Waals surface area contributed by atoms with Crippen molar-refractivity contribution >= 4 is 40.7 Å². The molecule has 1 saturated carbocycles. The van der Waals surface area contributed by atoms with E-state index in [0.717, 1.165) is 24.1 Å². The summed E-state index contributed by atoms with van der Waals surface area (Å²) in [6.45, 7) is 2.71. The average Bonchev–Trinajstić information content (AvgIpc) is 3.21. The number of carbonyl (C=O) groups is 2. The van der Waals surface area contributed by atoms with Crippen molar-refractivity contribution in [3.63, 3.8) is 0 Å². The summed E-state index contributed by atoms with van der Waals surface area (Å²) in [6, 6.07) is 2.18. The monoisotopic (exact) mass is 376 g/mol. The molecule has 0 radical (unpaired) electrons. The summed E-state index contributed by atoms with van der Waals surface area (Å²) in [5, 5.41) is 3.01. The highest BCUT2D eigenvalue weighted by Gasteiger charge is 2.52. The van der Waals surface area contributed by atoms with E-state index in [-0.39, 0.29) is 29.7 Å². The van der Waals surface area contributed by atoms with Crippen LogP contribution in [0.1, 0.15) is 39.9 Å². The van der Waals surface area contributed by atoms with Gasteiger partial charge in [0.2, 0.25) is 11.9 Å². The number of nitrogens with zero attached hydrogens (tertiary/aromatic N) is 3. The minimum atomic E-state index is -0.304. The summed E-state index contributed by atoms with van der Waals surface area (Å²) in [6.07, 6.45) is 5.91. The van der Waals surface area contributed by atoms with Crippen LogP contribution in [0.15, 0.2) is 18.5 Å². The van der Waals surface area contributed by atoms with Crippen LogP contribution in [-0.2, 0) is 16.6 Å². The molecule has 2 amide bonds. The van der Waals surface area contributed by atoms with E-state index in [0.29, 0.717) is 11.6 Å². The predicted octanol–water partition coefficient (Wildman–Crippen LogP) is 2.88. The molecule has 6 nitrogen and oxygen atoms in total. The highest BCUT2D eigenvalue weighted by molar-refractivity contribution is 7.14. The van der Waals surface area contributed by atoms with Crippen molar-refractivity contribution in [2.24, 2.45) is 0 Å². The Labute approximate surface area is 154 Å². The lowest BCUT2D eigenvalue weighted by Crippen LogP contribution is -2.46. The molecule has 1 spiro atoms. The zero-order chi connectivity index (χ0) is 17.6. The SMILES string of the molecule is CCc1cc2c(s1)C(=O)N(CC(=O)Nc1ncc(Cl)cn1)CC21CC1. The minimum absolute atomic E-state index is 0.00533. The molecule has 0 bridgehead atoms. The third kappa shape index (κ3) is 3.02. The molecular weight excluding hydrogens is 360 g/mol. The van der Waals surface area contributed by atoms with E-state index < -0.39 is 0 Å². The lowest BCUT2D eigenvalue weighted by Gasteiger charge is -2.32. The standard InChI is InChI=1S/C17H17ClN4O2S/c1-2-11-5-12-14(25-11)15(24)22(9-17(12)3-4-17)8-13(23)21-16-19-6-10(18)7-20-16/h5-7H,2-4,8-9H2,1H3,(H,19,20,21,23). The Morgan fingerprint density at radius 1 is 1.40 bits per heavy atom. The van der Waals surface area contributed by atoms with E-state index in [9.17, 15) is 9.59 Å². The van der Waals surface area contributed by atoms with Gasteiger partial charge >= 0.3 is 0 Å². The summed E-state index contributed by atoms with van der Waals surface area (Å²) in [4.78, 5) is 36.7. The van der Waals surface area contributed by atoms with Crippen molar-refractivity contribution in [1.82, 2.24) is 14.9 Å². The zero-order valence-corrected chi connectivity index (χ0v) is 15.3. The van der Waals surface area contributed by atoms with Crippen molar-refractivity contribution in [3.8, 4) is 0 Å². The van der Waals surface area contributed by atoms with Gasteiger partial charge in [-0.3, -0.25) is 14.9 Å². The van der Waals surface area contributed by atoms with Gasteiger partial charge in [-0.1, -0.05) is 18.5 Å². The van der Waals surface area contributed by atoms with Gasteiger partial charge in [0, 0.05) is 16.8 Å². The number of aryl methyl sites for hydroxylation is 1. The quantitative estimate of drug-likeness (QED) is 0.890. The second-order valence-electron chi connectivity index (χ2n) is 6.52. The lowest BCUT2D eigenvalue weighted by atomic mass is 9.91. The van der Waals surface area contributed by atoms with Crippen LogP contribution in [0.4, 0.5) is 5.95 Å². The van der Waals surface area contributed by atoms with Crippen LogP contribution in [0.5, 0.6) is 0 Å². The van der Waals surface area contributed by atoms with Crippen molar-refractivity contribution < 1.29 is 9.59 Å². The fourth-order valence-corrected chi connectivity index (χ4v) is 4.54. The Hall–Kier alpha value is -1.99. The van der Waals surface area contributed by atoms with Gasteiger partial charge in [-0.15, -0.1) is 11.3 Å². The Bertz CT molecular complexity index is 845. The Morgan fingerprint density at radius 2 is 2.12 bits per heavy atom. The predicted molar refractivity (Wildman–Crippen MR) is 96.2 cm³/mol. The highest BCUT2D eigenvalue weighted by Crippen LogP contribution is 2.54. The number of hydrogen-bond donors (Lipinski definition) is 1. The molecule has 130 valence electrons. The third-order valence-electron chi connectivity index (χ3n) is 4.74. The van der Waals surface area contributed by atoms with Gasteiger partial charge in [0.25, 0.3) is 5.91 Å². The summed E-state index contributed by atoms with van der Waals surface area (Å²) >= 11 is 7.29.